The van der Waals surface area contributed by atoms with E-state index in [-0.39, 0.29) is 5.56 Å². The molecule has 0 fully saturated rings. The Morgan fingerprint density at radius 3 is 2.59 bits per heavy atom. The monoisotopic (exact) mass is 432 g/mol. The second-order valence-corrected chi connectivity index (χ2v) is 7.49. The first-order chi connectivity index (χ1) is 15.4. The molecule has 0 spiro atoms. The van der Waals surface area contributed by atoms with Crippen molar-refractivity contribution in [2.24, 2.45) is 4.99 Å². The summed E-state index contributed by atoms with van der Waals surface area (Å²) in [7, 11) is 1.63. The van der Waals surface area contributed by atoms with Gasteiger partial charge in [0.1, 0.15) is 11.3 Å². The molecule has 4 rings (SSSR count). The van der Waals surface area contributed by atoms with E-state index in [0.29, 0.717) is 24.4 Å². The lowest BCUT2D eigenvalue weighted by molar-refractivity contribution is 0.415. The fourth-order valence-corrected chi connectivity index (χ4v) is 3.89. The van der Waals surface area contributed by atoms with Crippen molar-refractivity contribution in [3.05, 3.63) is 86.2 Å². The number of aromatic amines is 2. The van der Waals surface area contributed by atoms with Crippen LogP contribution in [-0.2, 0) is 6.42 Å². The third kappa shape index (κ3) is 3.82. The molecule has 2 aromatic carbocycles. The summed E-state index contributed by atoms with van der Waals surface area (Å²) < 4.78 is 6.40. The molecule has 0 radical (unpaired) electrons. The molecular formula is C24H24N4O4. The van der Waals surface area contributed by atoms with Crippen LogP contribution in [0.25, 0.3) is 16.6 Å². The number of aliphatic imine (C=N–C) groups is 1. The van der Waals surface area contributed by atoms with Gasteiger partial charge in [-0.05, 0) is 56.2 Å². The summed E-state index contributed by atoms with van der Waals surface area (Å²) in [6.45, 7) is 4.06. The summed E-state index contributed by atoms with van der Waals surface area (Å²) in [5.41, 5.74) is 2.57. The highest BCUT2D eigenvalue weighted by atomic mass is 16.5. The number of nitrogens with one attached hydrogen (secondary N) is 2. The Bertz CT molecular complexity index is 1430. The molecule has 2 aromatic heterocycles. The maximum Gasteiger partial charge on any atom is 0.335 e. The zero-order valence-corrected chi connectivity index (χ0v) is 18.1. The smallest absolute Gasteiger partial charge is 0.335 e. The number of methoxy groups -OCH3 is 1. The highest BCUT2D eigenvalue weighted by Crippen LogP contribution is 2.27. The number of ether oxygens (including phenoxy) is 1. The van der Waals surface area contributed by atoms with Crippen LogP contribution in [-0.4, -0.2) is 39.0 Å². The first-order valence-corrected chi connectivity index (χ1v) is 10.2. The molecular weight excluding hydrogens is 408 g/mol. The van der Waals surface area contributed by atoms with Crippen LogP contribution in [0.2, 0.25) is 0 Å². The summed E-state index contributed by atoms with van der Waals surface area (Å²) in [6, 6.07) is 14.5. The van der Waals surface area contributed by atoms with Gasteiger partial charge in [0.2, 0.25) is 5.88 Å². The number of rotatable bonds is 6. The fourth-order valence-electron chi connectivity index (χ4n) is 3.89. The van der Waals surface area contributed by atoms with Crippen molar-refractivity contribution in [2.45, 2.75) is 20.3 Å². The number of aromatic nitrogens is 3. The van der Waals surface area contributed by atoms with E-state index >= 15 is 0 Å². The third-order valence-corrected chi connectivity index (χ3v) is 5.50. The highest BCUT2D eigenvalue weighted by molar-refractivity contribution is 6.00. The van der Waals surface area contributed by atoms with Crippen molar-refractivity contribution in [3.8, 4) is 17.3 Å². The molecule has 2 heterocycles. The van der Waals surface area contributed by atoms with E-state index in [0.717, 1.165) is 32.5 Å². The van der Waals surface area contributed by atoms with Gasteiger partial charge in [-0.25, -0.2) is 9.36 Å². The molecule has 164 valence electrons. The molecule has 0 amide bonds. The summed E-state index contributed by atoms with van der Waals surface area (Å²) in [4.78, 5) is 34.9. The number of hydrogen-bond acceptors (Lipinski definition) is 5. The average molecular weight is 432 g/mol. The SMILES string of the molecule is COc1ccc2[nH]c(C)c(CCN=C(C)c3c(O)n(-c4ccccc4)c(=O)[nH]c3=O)c2c1. The molecule has 0 atom stereocenters. The van der Waals surface area contributed by atoms with Crippen LogP contribution in [0.15, 0.2) is 63.1 Å². The van der Waals surface area contributed by atoms with E-state index in [9.17, 15) is 14.7 Å². The molecule has 0 unspecified atom stereocenters. The van der Waals surface area contributed by atoms with E-state index in [1.807, 2.05) is 25.1 Å². The number of aryl methyl sites for hydroxylation is 1. The molecule has 0 saturated carbocycles. The fraction of sp³-hybridized carbons (Fsp3) is 0.208. The predicted molar refractivity (Wildman–Crippen MR) is 125 cm³/mol. The van der Waals surface area contributed by atoms with Crippen LogP contribution >= 0.6 is 0 Å². The quantitative estimate of drug-likeness (QED) is 0.407. The van der Waals surface area contributed by atoms with E-state index < -0.39 is 17.1 Å². The molecule has 4 aromatic rings. The Hall–Kier alpha value is -4.07. The topological polar surface area (TPSA) is 112 Å². The van der Waals surface area contributed by atoms with Crippen molar-refractivity contribution < 1.29 is 9.84 Å². The Kier molecular flexibility index (Phi) is 5.68. The molecule has 0 saturated heterocycles. The maximum absolute atomic E-state index is 12.4. The molecule has 8 heteroatoms. The number of aromatic hydroxyl groups is 1. The molecule has 0 bridgehead atoms. The number of para-hydroxylation sites is 1. The number of hydrogen-bond donors (Lipinski definition) is 3. The van der Waals surface area contributed by atoms with Crippen LogP contribution in [0.5, 0.6) is 11.6 Å². The van der Waals surface area contributed by atoms with Crippen molar-refractivity contribution >= 4 is 16.6 Å². The van der Waals surface area contributed by atoms with Gasteiger partial charge in [-0.1, -0.05) is 18.2 Å². The van der Waals surface area contributed by atoms with Crippen molar-refractivity contribution in [3.63, 3.8) is 0 Å². The summed E-state index contributed by atoms with van der Waals surface area (Å²) >= 11 is 0. The minimum absolute atomic E-state index is 0.0224. The Balaban J connectivity index is 1.66. The largest absolute Gasteiger partial charge is 0.497 e. The average Bonchev–Trinajstić information content (AvgIpc) is 3.08. The van der Waals surface area contributed by atoms with E-state index in [2.05, 4.69) is 15.0 Å². The van der Waals surface area contributed by atoms with Gasteiger partial charge in [0.25, 0.3) is 5.56 Å². The van der Waals surface area contributed by atoms with Gasteiger partial charge in [0.15, 0.2) is 0 Å². The number of nitrogens with zero attached hydrogens (tertiary/aromatic N) is 2. The van der Waals surface area contributed by atoms with Crippen LogP contribution < -0.4 is 16.0 Å². The first kappa shape index (κ1) is 21.2. The standard InChI is InChI=1S/C24H24N4O4/c1-14-18(19-13-17(32-3)9-10-20(19)26-14)11-12-25-15(2)21-22(29)27-24(31)28(23(21)30)16-7-5-4-6-8-16/h4-10,13,26,30H,11-12H2,1-3H3,(H,27,29,31). The maximum atomic E-state index is 12.4. The normalized spacial score (nSPS) is 11.8. The third-order valence-electron chi connectivity index (χ3n) is 5.50. The van der Waals surface area contributed by atoms with E-state index in [1.54, 1.807) is 44.4 Å². The van der Waals surface area contributed by atoms with Crippen molar-refractivity contribution in [1.82, 2.24) is 14.5 Å². The van der Waals surface area contributed by atoms with Gasteiger partial charge in [0, 0.05) is 28.9 Å². The predicted octanol–water partition coefficient (Wildman–Crippen LogP) is 3.08. The lowest BCUT2D eigenvalue weighted by Gasteiger charge is -2.11. The van der Waals surface area contributed by atoms with Gasteiger partial charge < -0.3 is 14.8 Å². The second kappa shape index (κ2) is 8.58. The van der Waals surface area contributed by atoms with Crippen LogP contribution in [0.1, 0.15) is 23.7 Å². The van der Waals surface area contributed by atoms with Crippen molar-refractivity contribution in [2.75, 3.05) is 13.7 Å². The lowest BCUT2D eigenvalue weighted by atomic mass is 10.1. The number of H-pyrrole nitrogens is 2. The molecule has 0 aliphatic rings. The Morgan fingerprint density at radius 1 is 1.12 bits per heavy atom. The van der Waals surface area contributed by atoms with Gasteiger partial charge >= 0.3 is 5.69 Å². The summed E-state index contributed by atoms with van der Waals surface area (Å²) in [5.74, 6) is 0.344. The zero-order valence-electron chi connectivity index (χ0n) is 18.1. The summed E-state index contributed by atoms with van der Waals surface area (Å²) in [5, 5.41) is 11.8. The zero-order chi connectivity index (χ0) is 22.8. The molecule has 0 aliphatic heterocycles. The van der Waals surface area contributed by atoms with E-state index in [1.165, 1.54) is 0 Å². The molecule has 3 N–H and O–H groups in total. The molecule has 32 heavy (non-hydrogen) atoms. The highest BCUT2D eigenvalue weighted by Gasteiger charge is 2.18. The molecule has 8 nitrogen and oxygen atoms in total. The van der Waals surface area contributed by atoms with Gasteiger partial charge in [-0.3, -0.25) is 14.8 Å². The Morgan fingerprint density at radius 2 is 1.88 bits per heavy atom. The second-order valence-electron chi connectivity index (χ2n) is 7.49. The minimum Gasteiger partial charge on any atom is -0.497 e. The van der Waals surface area contributed by atoms with Gasteiger partial charge in [0.05, 0.1) is 12.8 Å². The van der Waals surface area contributed by atoms with Gasteiger partial charge in [-0.2, -0.15) is 0 Å². The molecule has 0 aliphatic carbocycles. The van der Waals surface area contributed by atoms with Crippen LogP contribution in [0.3, 0.4) is 0 Å². The van der Waals surface area contributed by atoms with Crippen LogP contribution in [0.4, 0.5) is 0 Å². The van der Waals surface area contributed by atoms with E-state index in [4.69, 9.17) is 4.74 Å². The van der Waals surface area contributed by atoms with Gasteiger partial charge in [-0.15, -0.1) is 0 Å². The first-order valence-electron chi connectivity index (χ1n) is 10.2. The van der Waals surface area contributed by atoms with Crippen molar-refractivity contribution in [1.29, 1.82) is 0 Å². The Labute approximate surface area is 183 Å². The lowest BCUT2D eigenvalue weighted by Crippen LogP contribution is -2.32. The summed E-state index contributed by atoms with van der Waals surface area (Å²) in [6.07, 6.45) is 0.632. The number of fused-ring (bicyclic) bond motifs is 1. The minimum atomic E-state index is -0.710. The van der Waals surface area contributed by atoms with Crippen LogP contribution in [0, 0.1) is 6.92 Å². The number of benzene rings is 2.